The molecule has 128 valence electrons. The maximum Gasteiger partial charge on any atom is 0.113 e. The Morgan fingerprint density at radius 3 is 2.96 bits per heavy atom. The first-order chi connectivity index (χ1) is 11.9. The summed E-state index contributed by atoms with van der Waals surface area (Å²) in [6, 6.07) is 8.73. The predicted molar refractivity (Wildman–Crippen MR) is 95.4 cm³/mol. The van der Waals surface area contributed by atoms with Gasteiger partial charge in [-0.05, 0) is 24.5 Å². The van der Waals surface area contributed by atoms with Crippen LogP contribution in [0.15, 0.2) is 36.7 Å². The molecule has 0 bridgehead atoms. The Bertz CT molecular complexity index is 663. The number of nitrogens with zero attached hydrogens (tertiary/aromatic N) is 3. The molecule has 24 heavy (non-hydrogen) atoms. The number of anilines is 1. The monoisotopic (exact) mass is 326 g/mol. The molecule has 0 amide bonds. The van der Waals surface area contributed by atoms with Gasteiger partial charge in [0.25, 0.3) is 0 Å². The van der Waals surface area contributed by atoms with Crippen LogP contribution in [-0.4, -0.2) is 42.4 Å². The number of imidazole rings is 1. The molecule has 5 heteroatoms. The van der Waals surface area contributed by atoms with Crippen molar-refractivity contribution in [3.05, 3.63) is 48.0 Å². The molecule has 5 nitrogen and oxygen atoms in total. The van der Waals surface area contributed by atoms with Crippen molar-refractivity contribution in [1.29, 1.82) is 0 Å². The van der Waals surface area contributed by atoms with Gasteiger partial charge in [-0.15, -0.1) is 0 Å². The van der Waals surface area contributed by atoms with Crippen molar-refractivity contribution in [2.24, 2.45) is 0 Å². The van der Waals surface area contributed by atoms with Crippen molar-refractivity contribution >= 4 is 5.69 Å². The molecule has 0 radical (unpaired) electrons. The molecule has 1 N–H and O–H groups in total. The second kappa shape index (κ2) is 7.36. The van der Waals surface area contributed by atoms with Gasteiger partial charge in [0.05, 0.1) is 13.2 Å². The molecule has 1 atom stereocenters. The second-order valence-corrected chi connectivity index (χ2v) is 6.68. The zero-order chi connectivity index (χ0) is 16.2. The van der Waals surface area contributed by atoms with E-state index in [0.717, 1.165) is 45.9 Å². The number of nitrogens with one attached hydrogen (secondary N) is 1. The largest absolute Gasteiger partial charge is 0.378 e. The Morgan fingerprint density at radius 1 is 1.17 bits per heavy atom. The molecule has 1 fully saturated rings. The summed E-state index contributed by atoms with van der Waals surface area (Å²) in [5, 5.41) is 3.67. The number of rotatable bonds is 5. The summed E-state index contributed by atoms with van der Waals surface area (Å²) in [7, 11) is 0. The van der Waals surface area contributed by atoms with E-state index in [1.807, 2.05) is 6.20 Å². The van der Waals surface area contributed by atoms with E-state index < -0.39 is 0 Å². The molecule has 1 aromatic carbocycles. The normalized spacial score (nSPS) is 20.8. The fourth-order valence-corrected chi connectivity index (χ4v) is 3.85. The Labute approximate surface area is 143 Å². The van der Waals surface area contributed by atoms with E-state index >= 15 is 0 Å². The first kappa shape index (κ1) is 15.7. The lowest BCUT2D eigenvalue weighted by atomic mass is 9.99. The third kappa shape index (κ3) is 3.32. The molecule has 1 aromatic heterocycles. The molecular weight excluding hydrogens is 300 g/mol. The van der Waals surface area contributed by atoms with Crippen LogP contribution in [0.3, 0.4) is 0 Å². The van der Waals surface area contributed by atoms with Gasteiger partial charge < -0.3 is 19.5 Å². The van der Waals surface area contributed by atoms with Gasteiger partial charge in [0.1, 0.15) is 5.82 Å². The number of ether oxygens (including phenoxy) is 1. The lowest BCUT2D eigenvalue weighted by molar-refractivity contribution is 0.122. The minimum Gasteiger partial charge on any atom is -0.378 e. The van der Waals surface area contributed by atoms with Gasteiger partial charge in [-0.25, -0.2) is 4.98 Å². The molecule has 2 aromatic rings. The SMILES string of the molecule is c1ccc(N2CCOCC2)c(CNC[C@@H]2CCCn3ccnc32)c1. The highest BCUT2D eigenvalue weighted by molar-refractivity contribution is 5.53. The topological polar surface area (TPSA) is 42.3 Å². The summed E-state index contributed by atoms with van der Waals surface area (Å²) in [6.07, 6.45) is 6.52. The highest BCUT2D eigenvalue weighted by atomic mass is 16.5. The highest BCUT2D eigenvalue weighted by Crippen LogP contribution is 2.26. The van der Waals surface area contributed by atoms with Crippen LogP contribution in [-0.2, 0) is 17.8 Å². The second-order valence-electron chi connectivity index (χ2n) is 6.68. The molecule has 2 aliphatic heterocycles. The van der Waals surface area contributed by atoms with Gasteiger partial charge in [0.15, 0.2) is 0 Å². The first-order valence-electron chi connectivity index (χ1n) is 9.04. The maximum atomic E-state index is 5.48. The minimum absolute atomic E-state index is 0.532. The molecule has 0 unspecified atom stereocenters. The van der Waals surface area contributed by atoms with Gasteiger partial charge in [0.2, 0.25) is 0 Å². The Hall–Kier alpha value is -1.85. The van der Waals surface area contributed by atoms with Gasteiger partial charge in [0, 0.05) is 56.7 Å². The van der Waals surface area contributed by atoms with Gasteiger partial charge in [-0.3, -0.25) is 0 Å². The standard InChI is InChI=1S/C19H26N4O/c1-2-6-18(22-10-12-24-13-11-22)16(4-1)14-20-15-17-5-3-8-23-9-7-21-19(17)23/h1-2,4,6-7,9,17,20H,3,5,8,10-15H2/t17-/m0/s1. The van der Waals surface area contributed by atoms with Crippen LogP contribution in [0, 0.1) is 0 Å². The Morgan fingerprint density at radius 2 is 2.04 bits per heavy atom. The average Bonchev–Trinajstić information content (AvgIpc) is 3.12. The fraction of sp³-hybridized carbons (Fsp3) is 0.526. The van der Waals surface area contributed by atoms with Crippen molar-refractivity contribution in [2.75, 3.05) is 37.7 Å². The van der Waals surface area contributed by atoms with E-state index in [9.17, 15) is 0 Å². The summed E-state index contributed by atoms with van der Waals surface area (Å²) in [5.41, 5.74) is 2.72. The lowest BCUT2D eigenvalue weighted by Crippen LogP contribution is -2.37. The summed E-state index contributed by atoms with van der Waals surface area (Å²) >= 11 is 0. The maximum absolute atomic E-state index is 5.48. The first-order valence-corrected chi connectivity index (χ1v) is 9.04. The smallest absolute Gasteiger partial charge is 0.113 e. The van der Waals surface area contributed by atoms with Crippen LogP contribution in [0.2, 0.25) is 0 Å². The van der Waals surface area contributed by atoms with E-state index in [1.165, 1.54) is 29.9 Å². The summed E-state index contributed by atoms with van der Waals surface area (Å²) in [4.78, 5) is 6.99. The summed E-state index contributed by atoms with van der Waals surface area (Å²) in [5.74, 6) is 1.78. The van der Waals surface area contributed by atoms with Crippen LogP contribution < -0.4 is 10.2 Å². The zero-order valence-electron chi connectivity index (χ0n) is 14.2. The van der Waals surface area contributed by atoms with Crippen molar-refractivity contribution in [1.82, 2.24) is 14.9 Å². The van der Waals surface area contributed by atoms with Crippen LogP contribution in [0.5, 0.6) is 0 Å². The minimum atomic E-state index is 0.532. The number of aryl methyl sites for hydroxylation is 1. The summed E-state index contributed by atoms with van der Waals surface area (Å²) in [6.45, 7) is 6.64. The molecule has 0 saturated carbocycles. The molecule has 4 rings (SSSR count). The number of hydrogen-bond acceptors (Lipinski definition) is 4. The molecule has 0 spiro atoms. The van der Waals surface area contributed by atoms with Gasteiger partial charge in [-0.1, -0.05) is 18.2 Å². The van der Waals surface area contributed by atoms with Gasteiger partial charge >= 0.3 is 0 Å². The lowest BCUT2D eigenvalue weighted by Gasteiger charge is -2.31. The number of fused-ring (bicyclic) bond motifs is 1. The third-order valence-electron chi connectivity index (χ3n) is 5.11. The summed E-state index contributed by atoms with van der Waals surface area (Å²) < 4.78 is 7.78. The number of morpholine rings is 1. The number of aromatic nitrogens is 2. The fourth-order valence-electron chi connectivity index (χ4n) is 3.85. The van der Waals surface area contributed by atoms with E-state index in [-0.39, 0.29) is 0 Å². The zero-order valence-corrected chi connectivity index (χ0v) is 14.2. The van der Waals surface area contributed by atoms with E-state index in [0.29, 0.717) is 5.92 Å². The van der Waals surface area contributed by atoms with Crippen molar-refractivity contribution in [2.45, 2.75) is 31.8 Å². The molecular formula is C19H26N4O. The number of para-hydroxylation sites is 1. The number of benzene rings is 1. The molecule has 2 aliphatic rings. The Balaban J connectivity index is 1.38. The third-order valence-corrected chi connectivity index (χ3v) is 5.11. The van der Waals surface area contributed by atoms with E-state index in [1.54, 1.807) is 0 Å². The molecule has 1 saturated heterocycles. The van der Waals surface area contributed by atoms with E-state index in [4.69, 9.17) is 4.74 Å². The highest BCUT2D eigenvalue weighted by Gasteiger charge is 2.21. The van der Waals surface area contributed by atoms with Crippen molar-refractivity contribution in [3.63, 3.8) is 0 Å². The van der Waals surface area contributed by atoms with Gasteiger partial charge in [-0.2, -0.15) is 0 Å². The Kier molecular flexibility index (Phi) is 4.81. The quantitative estimate of drug-likeness (QED) is 0.916. The predicted octanol–water partition coefficient (Wildman–Crippen LogP) is 2.39. The van der Waals surface area contributed by atoms with Crippen molar-refractivity contribution < 1.29 is 4.74 Å². The average molecular weight is 326 g/mol. The van der Waals surface area contributed by atoms with Crippen LogP contribution in [0.1, 0.15) is 30.1 Å². The van der Waals surface area contributed by atoms with E-state index in [2.05, 4.69) is 50.2 Å². The molecule has 0 aliphatic carbocycles. The van der Waals surface area contributed by atoms with Crippen molar-refractivity contribution in [3.8, 4) is 0 Å². The van der Waals surface area contributed by atoms with Crippen LogP contribution in [0.25, 0.3) is 0 Å². The molecule has 3 heterocycles. The van der Waals surface area contributed by atoms with Crippen LogP contribution >= 0.6 is 0 Å². The number of hydrogen-bond donors (Lipinski definition) is 1. The van der Waals surface area contributed by atoms with Crippen LogP contribution in [0.4, 0.5) is 5.69 Å².